The van der Waals surface area contributed by atoms with E-state index in [1.165, 1.54) is 25.7 Å². The van der Waals surface area contributed by atoms with Gasteiger partial charge in [-0.15, -0.1) is 0 Å². The smallest absolute Gasteiger partial charge is 0.129 e. The van der Waals surface area contributed by atoms with Crippen LogP contribution in [0.25, 0.3) is 0 Å². The molecule has 116 valence electrons. The van der Waals surface area contributed by atoms with Crippen LogP contribution in [0.3, 0.4) is 0 Å². The summed E-state index contributed by atoms with van der Waals surface area (Å²) in [5.41, 5.74) is 2.09. The van der Waals surface area contributed by atoms with Crippen molar-refractivity contribution in [3.63, 3.8) is 0 Å². The lowest BCUT2D eigenvalue weighted by Crippen LogP contribution is -2.30. The Bertz CT molecular complexity index is 484. The summed E-state index contributed by atoms with van der Waals surface area (Å²) in [6, 6.07) is 4.13. The third-order valence-electron chi connectivity index (χ3n) is 4.50. The molecule has 21 heavy (non-hydrogen) atoms. The van der Waals surface area contributed by atoms with Crippen LogP contribution in [0.4, 0.5) is 5.82 Å². The second kappa shape index (κ2) is 5.60. The van der Waals surface area contributed by atoms with Crippen molar-refractivity contribution in [1.29, 1.82) is 0 Å². The minimum Gasteiger partial charge on any atom is -0.392 e. The molecule has 3 rings (SSSR count). The molecule has 3 nitrogen and oxygen atoms in total. The fourth-order valence-corrected chi connectivity index (χ4v) is 2.69. The molecule has 2 aliphatic carbocycles. The van der Waals surface area contributed by atoms with Gasteiger partial charge in [0.15, 0.2) is 0 Å². The van der Waals surface area contributed by atoms with Crippen molar-refractivity contribution < 1.29 is 5.11 Å². The van der Waals surface area contributed by atoms with Gasteiger partial charge in [-0.3, -0.25) is 0 Å². The standard InChI is InChI=1S/C18H28N2O/c1-18(2,3)16-8-15(12-21)9-17(19-16)20(10-13-4-5-13)11-14-6-7-14/h8-9,13-14,21H,4-7,10-12H2,1-3H3. The zero-order chi connectivity index (χ0) is 15.0. The molecule has 0 atom stereocenters. The number of hydrogen-bond donors (Lipinski definition) is 1. The van der Waals surface area contributed by atoms with Gasteiger partial charge in [0, 0.05) is 24.2 Å². The maximum atomic E-state index is 9.58. The van der Waals surface area contributed by atoms with Gasteiger partial charge in [0.25, 0.3) is 0 Å². The third-order valence-corrected chi connectivity index (χ3v) is 4.50. The Balaban J connectivity index is 1.88. The van der Waals surface area contributed by atoms with Crippen LogP contribution < -0.4 is 4.90 Å². The fraction of sp³-hybridized carbons (Fsp3) is 0.722. The lowest BCUT2D eigenvalue weighted by Gasteiger charge is -2.27. The average Bonchev–Trinajstić information content (AvgIpc) is 3.31. The van der Waals surface area contributed by atoms with E-state index in [1.807, 2.05) is 0 Å². The molecule has 2 fully saturated rings. The number of pyridine rings is 1. The molecule has 3 heteroatoms. The van der Waals surface area contributed by atoms with Crippen molar-refractivity contribution >= 4 is 5.82 Å². The second-order valence-corrected chi connectivity index (χ2v) is 7.92. The van der Waals surface area contributed by atoms with Crippen LogP contribution >= 0.6 is 0 Å². The Hall–Kier alpha value is -1.09. The quantitative estimate of drug-likeness (QED) is 0.870. The van der Waals surface area contributed by atoms with E-state index in [9.17, 15) is 5.11 Å². The Kier molecular flexibility index (Phi) is 3.96. The molecule has 0 aliphatic heterocycles. The van der Waals surface area contributed by atoms with Crippen LogP contribution in [0, 0.1) is 11.8 Å². The molecule has 0 unspecified atom stereocenters. The van der Waals surface area contributed by atoms with Crippen molar-refractivity contribution in [3.8, 4) is 0 Å². The molecule has 0 saturated heterocycles. The van der Waals surface area contributed by atoms with Gasteiger partial charge in [0.2, 0.25) is 0 Å². The summed E-state index contributed by atoms with van der Waals surface area (Å²) in [5.74, 6) is 2.80. The van der Waals surface area contributed by atoms with Gasteiger partial charge in [0.1, 0.15) is 5.82 Å². The minimum absolute atomic E-state index is 0.0186. The number of rotatable bonds is 6. The number of aromatic nitrogens is 1. The summed E-state index contributed by atoms with van der Waals surface area (Å²) in [7, 11) is 0. The van der Waals surface area contributed by atoms with Gasteiger partial charge in [-0.2, -0.15) is 0 Å². The number of aliphatic hydroxyl groups is 1. The van der Waals surface area contributed by atoms with E-state index < -0.39 is 0 Å². The molecule has 2 saturated carbocycles. The van der Waals surface area contributed by atoms with Crippen molar-refractivity contribution in [3.05, 3.63) is 23.4 Å². The van der Waals surface area contributed by atoms with Gasteiger partial charge in [-0.1, -0.05) is 20.8 Å². The van der Waals surface area contributed by atoms with Crippen molar-refractivity contribution in [2.45, 2.75) is 58.5 Å². The first-order valence-electron chi connectivity index (χ1n) is 8.33. The van der Waals surface area contributed by atoms with E-state index in [-0.39, 0.29) is 12.0 Å². The second-order valence-electron chi connectivity index (χ2n) is 7.92. The molecular formula is C18H28N2O. The first-order chi connectivity index (χ1) is 9.95. The average molecular weight is 288 g/mol. The molecule has 1 N–H and O–H groups in total. The molecule has 1 aromatic heterocycles. The Morgan fingerprint density at radius 3 is 2.10 bits per heavy atom. The predicted octanol–water partition coefficient (Wildman–Crippen LogP) is 3.50. The summed E-state index contributed by atoms with van der Waals surface area (Å²) in [5, 5.41) is 9.58. The van der Waals surface area contributed by atoms with Crippen LogP contribution in [0.15, 0.2) is 12.1 Å². The van der Waals surface area contributed by atoms with Crippen LogP contribution in [-0.2, 0) is 12.0 Å². The molecular weight excluding hydrogens is 260 g/mol. The zero-order valence-electron chi connectivity index (χ0n) is 13.6. The Morgan fingerprint density at radius 2 is 1.67 bits per heavy atom. The summed E-state index contributed by atoms with van der Waals surface area (Å²) in [6.45, 7) is 8.94. The molecule has 1 aromatic rings. The SMILES string of the molecule is CC(C)(C)c1cc(CO)cc(N(CC2CC2)CC2CC2)n1. The molecule has 2 aliphatic rings. The monoisotopic (exact) mass is 288 g/mol. The van der Waals surface area contributed by atoms with E-state index in [2.05, 4.69) is 37.8 Å². The third kappa shape index (κ3) is 3.97. The number of aliphatic hydroxyl groups excluding tert-OH is 1. The molecule has 0 radical (unpaired) electrons. The predicted molar refractivity (Wildman–Crippen MR) is 86.5 cm³/mol. The van der Waals surface area contributed by atoms with Crippen molar-refractivity contribution in [2.75, 3.05) is 18.0 Å². The van der Waals surface area contributed by atoms with Crippen LogP contribution in [0.2, 0.25) is 0 Å². The molecule has 0 amide bonds. The number of nitrogens with zero attached hydrogens (tertiary/aromatic N) is 2. The van der Waals surface area contributed by atoms with Gasteiger partial charge >= 0.3 is 0 Å². The maximum absolute atomic E-state index is 9.58. The highest BCUT2D eigenvalue weighted by atomic mass is 16.3. The largest absolute Gasteiger partial charge is 0.392 e. The van der Waals surface area contributed by atoms with Crippen molar-refractivity contribution in [1.82, 2.24) is 4.98 Å². The Morgan fingerprint density at radius 1 is 1.10 bits per heavy atom. The highest BCUT2D eigenvalue weighted by Crippen LogP contribution is 2.36. The zero-order valence-corrected chi connectivity index (χ0v) is 13.6. The van der Waals surface area contributed by atoms with E-state index in [0.29, 0.717) is 0 Å². The topological polar surface area (TPSA) is 36.4 Å². The first kappa shape index (κ1) is 14.8. The van der Waals surface area contributed by atoms with E-state index in [0.717, 1.165) is 42.0 Å². The van der Waals surface area contributed by atoms with Crippen LogP contribution in [0.5, 0.6) is 0 Å². The van der Waals surface area contributed by atoms with Gasteiger partial charge in [0.05, 0.1) is 6.61 Å². The highest BCUT2D eigenvalue weighted by Gasteiger charge is 2.30. The van der Waals surface area contributed by atoms with E-state index >= 15 is 0 Å². The van der Waals surface area contributed by atoms with E-state index in [4.69, 9.17) is 4.98 Å². The highest BCUT2D eigenvalue weighted by molar-refractivity contribution is 5.44. The summed E-state index contributed by atoms with van der Waals surface area (Å²) >= 11 is 0. The number of anilines is 1. The van der Waals surface area contributed by atoms with Gasteiger partial charge in [-0.25, -0.2) is 4.98 Å². The van der Waals surface area contributed by atoms with Crippen LogP contribution in [-0.4, -0.2) is 23.2 Å². The van der Waals surface area contributed by atoms with E-state index in [1.54, 1.807) is 0 Å². The normalized spacial score (nSPS) is 18.9. The number of hydrogen-bond acceptors (Lipinski definition) is 3. The molecule has 1 heterocycles. The summed E-state index contributed by atoms with van der Waals surface area (Å²) < 4.78 is 0. The molecule has 0 bridgehead atoms. The maximum Gasteiger partial charge on any atom is 0.129 e. The van der Waals surface area contributed by atoms with Crippen molar-refractivity contribution in [2.24, 2.45) is 11.8 Å². The molecule has 0 spiro atoms. The van der Waals surface area contributed by atoms with Gasteiger partial charge in [-0.05, 0) is 55.2 Å². The minimum atomic E-state index is 0.0186. The summed E-state index contributed by atoms with van der Waals surface area (Å²) in [4.78, 5) is 7.41. The van der Waals surface area contributed by atoms with Gasteiger partial charge < -0.3 is 10.0 Å². The summed E-state index contributed by atoms with van der Waals surface area (Å²) in [6.07, 6.45) is 5.47. The lowest BCUT2D eigenvalue weighted by atomic mass is 9.91. The molecule has 0 aromatic carbocycles. The van der Waals surface area contributed by atoms with Crippen LogP contribution in [0.1, 0.15) is 57.7 Å². The lowest BCUT2D eigenvalue weighted by molar-refractivity contribution is 0.281. The fourth-order valence-electron chi connectivity index (χ4n) is 2.69. The Labute approximate surface area is 128 Å². The first-order valence-corrected chi connectivity index (χ1v) is 8.33.